The summed E-state index contributed by atoms with van der Waals surface area (Å²) in [6.07, 6.45) is 4.21. The zero-order chi connectivity index (χ0) is 12.3. The molecule has 1 N–H and O–H groups in total. The van der Waals surface area contributed by atoms with Gasteiger partial charge in [0.15, 0.2) is 0 Å². The van der Waals surface area contributed by atoms with Crippen molar-refractivity contribution in [2.45, 2.75) is 12.8 Å². The van der Waals surface area contributed by atoms with Gasteiger partial charge in [-0.3, -0.25) is 4.79 Å². The van der Waals surface area contributed by atoms with Gasteiger partial charge >= 0.3 is 0 Å². The van der Waals surface area contributed by atoms with E-state index in [0.29, 0.717) is 10.4 Å². The average molecular weight is 318 g/mol. The fraction of sp³-hybridized carbons (Fsp3) is 0.636. The largest absolute Gasteiger partial charge is 0.382 e. The Labute approximate surface area is 113 Å². The van der Waals surface area contributed by atoms with Gasteiger partial charge in [0.25, 0.3) is 5.56 Å². The molecule has 0 radical (unpaired) electrons. The number of hydrogen-bond acceptors (Lipinski definition) is 4. The summed E-state index contributed by atoms with van der Waals surface area (Å²) in [6, 6.07) is 0. The fourth-order valence-corrected chi connectivity index (χ4v) is 3.54. The van der Waals surface area contributed by atoms with Crippen molar-refractivity contribution in [2.24, 2.45) is 13.0 Å². The lowest BCUT2D eigenvalue weighted by Gasteiger charge is -2.22. The van der Waals surface area contributed by atoms with E-state index in [1.807, 2.05) is 11.8 Å². The van der Waals surface area contributed by atoms with E-state index in [0.717, 1.165) is 12.2 Å². The van der Waals surface area contributed by atoms with Crippen LogP contribution in [-0.2, 0) is 7.05 Å². The van der Waals surface area contributed by atoms with Gasteiger partial charge in [0.05, 0.1) is 11.9 Å². The first-order valence-electron chi connectivity index (χ1n) is 5.72. The standard InChI is InChI=1S/C11H16BrN3OS/c1-15-11(16)10(12)9(7-14-15)13-6-8-2-4-17-5-3-8/h7-8,13H,2-6H2,1H3. The van der Waals surface area contributed by atoms with E-state index < -0.39 is 0 Å². The molecule has 4 nitrogen and oxygen atoms in total. The van der Waals surface area contributed by atoms with Gasteiger partial charge in [0, 0.05) is 13.6 Å². The number of nitrogens with one attached hydrogen (secondary N) is 1. The third kappa shape index (κ3) is 3.25. The molecule has 2 heterocycles. The Bertz CT molecular complexity index is 443. The maximum atomic E-state index is 11.7. The first-order chi connectivity index (χ1) is 8.18. The highest BCUT2D eigenvalue weighted by molar-refractivity contribution is 9.10. The molecule has 94 valence electrons. The summed E-state index contributed by atoms with van der Waals surface area (Å²) in [4.78, 5) is 11.7. The second-order valence-corrected chi connectivity index (χ2v) is 6.26. The van der Waals surface area contributed by atoms with E-state index in [1.54, 1.807) is 13.2 Å². The van der Waals surface area contributed by atoms with Gasteiger partial charge in [-0.05, 0) is 46.2 Å². The van der Waals surface area contributed by atoms with E-state index in [-0.39, 0.29) is 5.56 Å². The molecule has 1 aliphatic heterocycles. The van der Waals surface area contributed by atoms with Crippen LogP contribution in [-0.4, -0.2) is 27.8 Å². The third-order valence-electron chi connectivity index (χ3n) is 3.00. The Kier molecular flexibility index (Phi) is 4.50. The van der Waals surface area contributed by atoms with E-state index in [1.165, 1.54) is 29.0 Å². The van der Waals surface area contributed by atoms with E-state index >= 15 is 0 Å². The lowest BCUT2D eigenvalue weighted by Crippen LogP contribution is -2.24. The number of halogens is 1. The van der Waals surface area contributed by atoms with E-state index in [4.69, 9.17) is 0 Å². The third-order valence-corrected chi connectivity index (χ3v) is 4.82. The second kappa shape index (κ2) is 5.91. The van der Waals surface area contributed by atoms with Crippen molar-refractivity contribution in [2.75, 3.05) is 23.4 Å². The van der Waals surface area contributed by atoms with Crippen molar-refractivity contribution >= 4 is 33.4 Å². The van der Waals surface area contributed by atoms with Crippen LogP contribution in [0.4, 0.5) is 5.69 Å². The maximum Gasteiger partial charge on any atom is 0.282 e. The molecule has 1 aromatic heterocycles. The molecule has 0 aliphatic carbocycles. The quantitative estimate of drug-likeness (QED) is 0.927. The molecule has 0 aromatic carbocycles. The van der Waals surface area contributed by atoms with Crippen LogP contribution in [0.25, 0.3) is 0 Å². The number of aryl methyl sites for hydroxylation is 1. The molecule has 1 aromatic rings. The molecular weight excluding hydrogens is 302 g/mol. The van der Waals surface area contributed by atoms with Gasteiger partial charge < -0.3 is 5.32 Å². The minimum atomic E-state index is -0.103. The number of nitrogens with zero attached hydrogens (tertiary/aromatic N) is 2. The summed E-state index contributed by atoms with van der Waals surface area (Å²) in [5, 5.41) is 7.33. The predicted octanol–water partition coefficient (Wildman–Crippen LogP) is 2.10. The van der Waals surface area contributed by atoms with Crippen LogP contribution in [0.5, 0.6) is 0 Å². The molecule has 1 saturated heterocycles. The summed E-state index contributed by atoms with van der Waals surface area (Å²) in [5.74, 6) is 3.22. The van der Waals surface area contributed by atoms with Crippen molar-refractivity contribution in [3.63, 3.8) is 0 Å². The molecule has 17 heavy (non-hydrogen) atoms. The van der Waals surface area contributed by atoms with Gasteiger partial charge in [-0.25, -0.2) is 4.68 Å². The highest BCUT2D eigenvalue weighted by atomic mass is 79.9. The Balaban J connectivity index is 1.99. The normalized spacial score (nSPS) is 17.1. The van der Waals surface area contributed by atoms with Crippen LogP contribution >= 0.6 is 27.7 Å². The van der Waals surface area contributed by atoms with Crippen LogP contribution in [0.2, 0.25) is 0 Å². The molecule has 0 amide bonds. The molecule has 0 bridgehead atoms. The Morgan fingerprint density at radius 1 is 1.59 bits per heavy atom. The molecule has 1 aliphatic rings. The summed E-state index contributed by atoms with van der Waals surface area (Å²) in [6.45, 7) is 0.925. The van der Waals surface area contributed by atoms with Gasteiger partial charge in [0.1, 0.15) is 4.47 Å². The number of hydrogen-bond donors (Lipinski definition) is 1. The Morgan fingerprint density at radius 3 is 3.00 bits per heavy atom. The smallest absolute Gasteiger partial charge is 0.282 e. The van der Waals surface area contributed by atoms with Crippen molar-refractivity contribution < 1.29 is 0 Å². The number of aromatic nitrogens is 2. The number of thioether (sulfide) groups is 1. The fourth-order valence-electron chi connectivity index (χ4n) is 1.84. The van der Waals surface area contributed by atoms with E-state index in [2.05, 4.69) is 26.3 Å². The minimum Gasteiger partial charge on any atom is -0.382 e. The van der Waals surface area contributed by atoms with Crippen LogP contribution < -0.4 is 10.9 Å². The molecule has 6 heteroatoms. The van der Waals surface area contributed by atoms with Crippen molar-refractivity contribution in [1.29, 1.82) is 0 Å². The van der Waals surface area contributed by atoms with Crippen molar-refractivity contribution in [3.8, 4) is 0 Å². The lowest BCUT2D eigenvalue weighted by molar-refractivity contribution is 0.515. The highest BCUT2D eigenvalue weighted by Crippen LogP contribution is 2.24. The molecule has 2 rings (SSSR count). The molecule has 0 atom stereocenters. The van der Waals surface area contributed by atoms with Gasteiger partial charge in [-0.15, -0.1) is 0 Å². The van der Waals surface area contributed by atoms with Crippen LogP contribution in [0.15, 0.2) is 15.5 Å². The monoisotopic (exact) mass is 317 g/mol. The predicted molar refractivity (Wildman–Crippen MR) is 75.7 cm³/mol. The summed E-state index contributed by atoms with van der Waals surface area (Å²) in [7, 11) is 1.65. The zero-order valence-electron chi connectivity index (χ0n) is 9.78. The number of anilines is 1. The lowest BCUT2D eigenvalue weighted by atomic mass is 10.0. The van der Waals surface area contributed by atoms with Crippen LogP contribution in [0.3, 0.4) is 0 Å². The molecular formula is C11H16BrN3OS. The van der Waals surface area contributed by atoms with Gasteiger partial charge in [-0.1, -0.05) is 0 Å². The first-order valence-corrected chi connectivity index (χ1v) is 7.66. The topological polar surface area (TPSA) is 46.9 Å². The van der Waals surface area contributed by atoms with Crippen LogP contribution in [0, 0.1) is 5.92 Å². The van der Waals surface area contributed by atoms with Gasteiger partial charge in [-0.2, -0.15) is 16.9 Å². The summed E-state index contributed by atoms with van der Waals surface area (Å²) < 4.78 is 1.90. The number of rotatable bonds is 3. The summed E-state index contributed by atoms with van der Waals surface area (Å²) >= 11 is 5.34. The zero-order valence-corrected chi connectivity index (χ0v) is 12.2. The molecule has 0 saturated carbocycles. The Hall–Kier alpha value is -0.490. The molecule has 1 fully saturated rings. The maximum absolute atomic E-state index is 11.7. The van der Waals surface area contributed by atoms with Gasteiger partial charge in [0.2, 0.25) is 0 Å². The second-order valence-electron chi connectivity index (χ2n) is 4.24. The SMILES string of the molecule is Cn1ncc(NCC2CCSCC2)c(Br)c1=O. The average Bonchev–Trinajstić information content (AvgIpc) is 2.36. The highest BCUT2D eigenvalue weighted by Gasteiger charge is 2.14. The van der Waals surface area contributed by atoms with E-state index in [9.17, 15) is 4.79 Å². The molecule has 0 unspecified atom stereocenters. The Morgan fingerprint density at radius 2 is 2.29 bits per heavy atom. The molecule has 0 spiro atoms. The summed E-state index contributed by atoms with van der Waals surface area (Å²) in [5.41, 5.74) is 0.695. The van der Waals surface area contributed by atoms with Crippen molar-refractivity contribution in [3.05, 3.63) is 21.0 Å². The minimum absolute atomic E-state index is 0.103. The van der Waals surface area contributed by atoms with Crippen molar-refractivity contribution in [1.82, 2.24) is 9.78 Å². The van der Waals surface area contributed by atoms with Crippen LogP contribution in [0.1, 0.15) is 12.8 Å². The first kappa shape index (κ1) is 13.0.